The highest BCUT2D eigenvalue weighted by atomic mass is 16.7. The summed E-state index contributed by atoms with van der Waals surface area (Å²) in [5, 5.41) is 11.9. The maximum absolute atomic E-state index is 13.0. The Hall–Kier alpha value is -5.87. The number of carboxylic acid groups (broad SMARTS) is 1. The summed E-state index contributed by atoms with van der Waals surface area (Å²) >= 11 is 0. The number of likely N-dealkylation sites (N-methyl/N-ethyl adjacent to an activating group) is 1. The number of hydrogen-bond acceptors (Lipinski definition) is 8. The highest BCUT2D eigenvalue weighted by Gasteiger charge is 2.22. The minimum atomic E-state index is -1.64. The summed E-state index contributed by atoms with van der Waals surface area (Å²) in [5.74, 6) is -2.31. The first-order valence-corrected chi connectivity index (χ1v) is 38.6. The Morgan fingerprint density at radius 2 is 0.557 bits per heavy atom. The SMILES string of the molecule is CC/C=C\C/C=C\C/C=C\C/C=C\C/C=C\C/C=C\C/C=C\C/C=C\CCCCCCCCCCCCCCCCC(=O)OC(COC(=O)CCCCCCCCCC/C=C\C/C=C\C/C=C\C/C=C\C/C=C\C/C=C\C/C=C\C/C=C\CC)COC(OCC[N+](C)(C)C)C(=O)[O-]. The van der Waals surface area contributed by atoms with Crippen LogP contribution in [0.4, 0.5) is 0 Å². The highest BCUT2D eigenvalue weighted by Crippen LogP contribution is 2.16. The van der Waals surface area contributed by atoms with E-state index in [1.54, 1.807) is 0 Å². The monoisotopic (exact) mass is 1340 g/mol. The number of aliphatic carboxylic acids is 1. The quantitative estimate of drug-likeness (QED) is 0.0195. The van der Waals surface area contributed by atoms with E-state index in [2.05, 4.69) is 208 Å². The highest BCUT2D eigenvalue weighted by molar-refractivity contribution is 5.70. The predicted octanol–water partition coefficient (Wildman–Crippen LogP) is 23.6. The molecule has 9 nitrogen and oxygen atoms in total. The predicted molar refractivity (Wildman–Crippen MR) is 416 cm³/mol. The van der Waals surface area contributed by atoms with Crippen molar-refractivity contribution in [3.63, 3.8) is 0 Å². The number of hydrogen-bond donors (Lipinski definition) is 0. The Kier molecular flexibility index (Phi) is 71.3. The largest absolute Gasteiger partial charge is 0.545 e. The molecule has 0 bridgehead atoms. The van der Waals surface area contributed by atoms with E-state index < -0.39 is 24.3 Å². The number of allylic oxidation sites excluding steroid dienone is 32. The van der Waals surface area contributed by atoms with Crippen molar-refractivity contribution in [1.82, 2.24) is 0 Å². The van der Waals surface area contributed by atoms with Gasteiger partial charge in [-0.05, 0) is 141 Å². The molecule has 0 aliphatic heterocycles. The Morgan fingerprint density at radius 3 is 0.825 bits per heavy atom. The zero-order valence-corrected chi connectivity index (χ0v) is 62.4. The molecule has 0 aliphatic rings. The van der Waals surface area contributed by atoms with Gasteiger partial charge in [-0.2, -0.15) is 0 Å². The zero-order chi connectivity index (χ0) is 70.4. The average molecular weight is 1340 g/mol. The molecule has 2 atom stereocenters. The van der Waals surface area contributed by atoms with Gasteiger partial charge in [-0.3, -0.25) is 9.59 Å². The van der Waals surface area contributed by atoms with Gasteiger partial charge in [0, 0.05) is 12.8 Å². The molecule has 0 aromatic rings. The number of carbonyl (C=O) groups excluding carboxylic acids is 3. The molecule has 0 saturated heterocycles. The second-order valence-electron chi connectivity index (χ2n) is 26.2. The molecule has 0 saturated carbocycles. The molecular formula is C88H141NO8. The van der Waals surface area contributed by atoms with Crippen LogP contribution in [0, 0.1) is 0 Å². The molecule has 0 rings (SSSR count). The Labute approximate surface area is 595 Å². The molecule has 97 heavy (non-hydrogen) atoms. The van der Waals surface area contributed by atoms with Crippen LogP contribution < -0.4 is 5.11 Å². The van der Waals surface area contributed by atoms with Gasteiger partial charge in [-0.1, -0.05) is 324 Å². The van der Waals surface area contributed by atoms with Crippen molar-refractivity contribution >= 4 is 17.9 Å². The molecule has 0 aromatic heterocycles. The fourth-order valence-electron chi connectivity index (χ4n) is 10.0. The van der Waals surface area contributed by atoms with Gasteiger partial charge in [0.15, 0.2) is 12.4 Å². The molecule has 9 heteroatoms. The van der Waals surface area contributed by atoms with Crippen molar-refractivity contribution in [3.8, 4) is 0 Å². The third-order valence-electron chi connectivity index (χ3n) is 15.8. The van der Waals surface area contributed by atoms with Crippen molar-refractivity contribution in [1.29, 1.82) is 0 Å². The van der Waals surface area contributed by atoms with E-state index >= 15 is 0 Å². The summed E-state index contributed by atoms with van der Waals surface area (Å²) in [6.07, 6.45) is 114. The number of unbranched alkanes of at least 4 members (excludes halogenated alkanes) is 22. The van der Waals surface area contributed by atoms with Gasteiger partial charge in [0.25, 0.3) is 0 Å². The number of carboxylic acids is 1. The summed E-state index contributed by atoms with van der Waals surface area (Å²) in [7, 11) is 5.92. The van der Waals surface area contributed by atoms with Crippen molar-refractivity contribution in [3.05, 3.63) is 194 Å². The lowest BCUT2D eigenvalue weighted by molar-refractivity contribution is -0.870. The van der Waals surface area contributed by atoms with Crippen LogP contribution in [-0.4, -0.2) is 82.3 Å². The lowest BCUT2D eigenvalue weighted by Crippen LogP contribution is -2.44. The number of esters is 2. The Bertz CT molecular complexity index is 2310. The molecule has 0 N–H and O–H groups in total. The van der Waals surface area contributed by atoms with Crippen LogP contribution in [-0.2, 0) is 33.3 Å². The summed E-state index contributed by atoms with van der Waals surface area (Å²) in [5.41, 5.74) is 0. The molecule has 0 heterocycles. The maximum atomic E-state index is 13.0. The molecule has 0 radical (unpaired) electrons. The molecular weight excluding hydrogens is 1200 g/mol. The summed E-state index contributed by atoms with van der Waals surface area (Å²) in [6, 6.07) is 0. The maximum Gasteiger partial charge on any atom is 0.306 e. The van der Waals surface area contributed by atoms with Gasteiger partial charge in [0.1, 0.15) is 13.2 Å². The van der Waals surface area contributed by atoms with Gasteiger partial charge in [0.2, 0.25) is 0 Å². The normalized spacial score (nSPS) is 13.8. The zero-order valence-electron chi connectivity index (χ0n) is 62.4. The number of rotatable bonds is 69. The van der Waals surface area contributed by atoms with Crippen LogP contribution in [0.2, 0.25) is 0 Å². The fraction of sp³-hybridized carbons (Fsp3) is 0.602. The lowest BCUT2D eigenvalue weighted by Gasteiger charge is -2.26. The molecule has 0 aliphatic carbocycles. The van der Waals surface area contributed by atoms with Crippen LogP contribution in [0.5, 0.6) is 0 Å². The van der Waals surface area contributed by atoms with Crippen LogP contribution in [0.3, 0.4) is 0 Å². The van der Waals surface area contributed by atoms with Crippen molar-refractivity contribution in [2.24, 2.45) is 0 Å². The number of quaternary nitrogens is 1. The molecule has 0 fully saturated rings. The molecule has 0 spiro atoms. The van der Waals surface area contributed by atoms with Gasteiger partial charge in [-0.25, -0.2) is 0 Å². The average Bonchev–Trinajstić information content (AvgIpc) is 2.39. The number of ether oxygens (including phenoxy) is 4. The van der Waals surface area contributed by atoms with E-state index in [4.69, 9.17) is 18.9 Å². The molecule has 2 unspecified atom stereocenters. The van der Waals surface area contributed by atoms with Crippen molar-refractivity contribution in [2.75, 3.05) is 47.5 Å². The summed E-state index contributed by atoms with van der Waals surface area (Å²) in [6.45, 7) is 4.50. The first-order chi connectivity index (χ1) is 47.6. The fourth-order valence-corrected chi connectivity index (χ4v) is 10.0. The minimum absolute atomic E-state index is 0.137. The van der Waals surface area contributed by atoms with Crippen LogP contribution >= 0.6 is 0 Å². The van der Waals surface area contributed by atoms with E-state index in [9.17, 15) is 19.5 Å². The second-order valence-corrected chi connectivity index (χ2v) is 26.2. The van der Waals surface area contributed by atoms with Gasteiger partial charge in [0.05, 0.1) is 40.3 Å². The third kappa shape index (κ3) is 77.4. The molecule has 0 aromatic carbocycles. The van der Waals surface area contributed by atoms with Gasteiger partial charge >= 0.3 is 11.9 Å². The lowest BCUT2D eigenvalue weighted by atomic mass is 10.0. The second kappa shape index (κ2) is 75.9. The van der Waals surface area contributed by atoms with E-state index in [1.165, 1.54) is 96.3 Å². The smallest absolute Gasteiger partial charge is 0.306 e. The summed E-state index contributed by atoms with van der Waals surface area (Å²) < 4.78 is 22.8. The van der Waals surface area contributed by atoms with E-state index in [1.807, 2.05) is 21.1 Å². The topological polar surface area (TPSA) is 111 Å². The van der Waals surface area contributed by atoms with Crippen LogP contribution in [0.15, 0.2) is 194 Å². The van der Waals surface area contributed by atoms with Crippen molar-refractivity contribution in [2.45, 2.75) is 296 Å². The first-order valence-electron chi connectivity index (χ1n) is 38.6. The molecule has 546 valence electrons. The van der Waals surface area contributed by atoms with Gasteiger partial charge in [-0.15, -0.1) is 0 Å². The minimum Gasteiger partial charge on any atom is -0.545 e. The van der Waals surface area contributed by atoms with Crippen LogP contribution in [0.1, 0.15) is 284 Å². The first kappa shape index (κ1) is 91.1. The Morgan fingerprint density at radius 1 is 0.309 bits per heavy atom. The van der Waals surface area contributed by atoms with Gasteiger partial charge < -0.3 is 33.3 Å². The number of nitrogens with zero attached hydrogens (tertiary/aromatic N) is 1. The summed E-state index contributed by atoms with van der Waals surface area (Å²) in [4.78, 5) is 37.6. The van der Waals surface area contributed by atoms with E-state index in [-0.39, 0.29) is 38.6 Å². The Balaban J connectivity index is 4.14. The number of carbonyl (C=O) groups is 3. The van der Waals surface area contributed by atoms with Crippen LogP contribution in [0.25, 0.3) is 0 Å². The van der Waals surface area contributed by atoms with E-state index in [0.717, 1.165) is 154 Å². The third-order valence-corrected chi connectivity index (χ3v) is 15.8. The van der Waals surface area contributed by atoms with E-state index in [0.29, 0.717) is 17.4 Å². The van der Waals surface area contributed by atoms with Crippen molar-refractivity contribution < 1.29 is 42.9 Å². The standard InChI is InChI=1S/C88H141NO8/c1-6-8-10-12-14-16-18-20-22-24-26-28-30-32-34-36-38-40-41-42-43-44-45-47-49-51-53-55-57-59-61-63-65-67-69-71-73-75-77-79-86(91)97-84(83-96-88(87(92)93)94-81-80-89(3,4)5)82-95-85(90)78-76-74-72-70-68-66-64-62-60-58-56-54-52-50-48-46-39-37-35-33-31-29-27-25-23-21-19-17-15-13-11-9-7-2/h8-11,14-17,20-23,26-29,32-35,38-40,42-43,45-47,50,52,56,58,84,88H,6-7,12-13,18-19,24-25,30-31,36-37,41,44,48-49,51,53-55,57,59-83H2,1-5H3/b10-8-,11-9-,16-14-,17-15-,22-20-,23-21-,28-26-,29-27-,34-32-,35-33-,40-38-,43-42-,46-39-,47-45-,52-50-,58-56-. The molecule has 0 amide bonds.